The summed E-state index contributed by atoms with van der Waals surface area (Å²) < 4.78 is 22.8. The van der Waals surface area contributed by atoms with E-state index in [2.05, 4.69) is 4.99 Å². The minimum atomic E-state index is -0.776. The molecule has 36 heavy (non-hydrogen) atoms. The maximum Gasteiger partial charge on any atom is 0.338 e. The van der Waals surface area contributed by atoms with E-state index in [0.29, 0.717) is 37.8 Å². The first-order chi connectivity index (χ1) is 17.3. The third kappa shape index (κ3) is 4.67. The summed E-state index contributed by atoms with van der Waals surface area (Å²) in [6, 6.07) is 11.2. The number of thiazole rings is 1. The lowest BCUT2D eigenvalue weighted by Gasteiger charge is -2.25. The fraction of sp³-hybridized carbons (Fsp3) is 0.231. The van der Waals surface area contributed by atoms with E-state index >= 15 is 0 Å². The Hall–Kier alpha value is -4.18. The van der Waals surface area contributed by atoms with Crippen LogP contribution >= 0.6 is 11.3 Å². The van der Waals surface area contributed by atoms with Crippen LogP contribution in [0.4, 0.5) is 0 Å². The van der Waals surface area contributed by atoms with Crippen molar-refractivity contribution in [1.82, 2.24) is 4.57 Å². The van der Waals surface area contributed by atoms with Gasteiger partial charge in [-0.2, -0.15) is 0 Å². The smallest absolute Gasteiger partial charge is 0.338 e. The highest BCUT2D eigenvalue weighted by Crippen LogP contribution is 2.35. The van der Waals surface area contributed by atoms with Gasteiger partial charge in [-0.3, -0.25) is 14.2 Å². The molecule has 9 nitrogen and oxygen atoms in total. The van der Waals surface area contributed by atoms with Crippen LogP contribution in [0, 0.1) is 0 Å². The van der Waals surface area contributed by atoms with Gasteiger partial charge in [0, 0.05) is 6.92 Å². The summed E-state index contributed by atoms with van der Waals surface area (Å²) in [5.41, 5.74) is 1.79. The Labute approximate surface area is 210 Å². The standard InChI is InChI=1S/C26H24N2O7S/c1-14-22(25(31)34-5)23(17-8-11-19(32-3)20(13-17)33-4)28-24(30)21(36-26(28)27-14)12-16-6-9-18(10-7-16)35-15(2)29/h6-13,23H,1-5H3/b21-12+. The number of carbonyl (C=O) groups is 2. The van der Waals surface area contributed by atoms with Gasteiger partial charge in [0.2, 0.25) is 0 Å². The van der Waals surface area contributed by atoms with Gasteiger partial charge in [0.1, 0.15) is 5.75 Å². The van der Waals surface area contributed by atoms with Gasteiger partial charge in [0.15, 0.2) is 16.3 Å². The first-order valence-electron chi connectivity index (χ1n) is 10.9. The monoisotopic (exact) mass is 508 g/mol. The summed E-state index contributed by atoms with van der Waals surface area (Å²) in [4.78, 5) is 42.6. The van der Waals surface area contributed by atoms with Crippen LogP contribution in [0.1, 0.15) is 31.0 Å². The van der Waals surface area contributed by atoms with E-state index in [-0.39, 0.29) is 11.1 Å². The maximum absolute atomic E-state index is 13.6. The summed E-state index contributed by atoms with van der Waals surface area (Å²) in [6.45, 7) is 3.04. The SMILES string of the molecule is COC(=O)C1=C(C)N=c2s/c(=C/c3ccc(OC(C)=O)cc3)c(=O)n2C1c1ccc(OC)c(OC)c1. The number of aromatic nitrogens is 1. The fourth-order valence-electron chi connectivity index (χ4n) is 3.98. The number of benzene rings is 2. The summed E-state index contributed by atoms with van der Waals surface area (Å²) in [5.74, 6) is 0.400. The lowest BCUT2D eigenvalue weighted by molar-refractivity contribution is -0.136. The van der Waals surface area contributed by atoms with Crippen molar-refractivity contribution in [2.75, 3.05) is 21.3 Å². The molecule has 2 aromatic carbocycles. The first-order valence-corrected chi connectivity index (χ1v) is 11.7. The van der Waals surface area contributed by atoms with E-state index in [1.165, 1.54) is 44.2 Å². The average Bonchev–Trinajstić information content (AvgIpc) is 3.17. The molecule has 0 saturated heterocycles. The molecule has 0 N–H and O–H groups in total. The Morgan fingerprint density at radius 1 is 1.03 bits per heavy atom. The molecule has 1 aromatic heterocycles. The van der Waals surface area contributed by atoms with E-state index in [1.54, 1.807) is 55.5 Å². The second-order valence-electron chi connectivity index (χ2n) is 7.85. The fourth-order valence-corrected chi connectivity index (χ4v) is 5.03. The molecule has 1 aliphatic heterocycles. The first kappa shape index (κ1) is 24.9. The molecular formula is C26H24N2O7S. The zero-order valence-corrected chi connectivity index (χ0v) is 21.2. The van der Waals surface area contributed by atoms with Crippen molar-refractivity contribution in [3.05, 3.63) is 84.5 Å². The largest absolute Gasteiger partial charge is 0.493 e. The van der Waals surface area contributed by atoms with Gasteiger partial charge in [0.05, 0.1) is 43.2 Å². The highest BCUT2D eigenvalue weighted by Gasteiger charge is 2.33. The van der Waals surface area contributed by atoms with Gasteiger partial charge in [-0.15, -0.1) is 0 Å². The average molecular weight is 509 g/mol. The molecule has 1 aliphatic rings. The van der Waals surface area contributed by atoms with Crippen LogP contribution in [-0.4, -0.2) is 37.8 Å². The van der Waals surface area contributed by atoms with E-state index < -0.39 is 18.0 Å². The minimum Gasteiger partial charge on any atom is -0.493 e. The van der Waals surface area contributed by atoms with Crippen molar-refractivity contribution < 1.29 is 28.5 Å². The summed E-state index contributed by atoms with van der Waals surface area (Å²) in [6.07, 6.45) is 1.73. The number of nitrogens with zero attached hydrogens (tertiary/aromatic N) is 2. The number of rotatable bonds is 6. The summed E-state index contributed by atoms with van der Waals surface area (Å²) in [7, 11) is 4.34. The summed E-state index contributed by atoms with van der Waals surface area (Å²) >= 11 is 1.21. The van der Waals surface area contributed by atoms with Gasteiger partial charge in [-0.25, -0.2) is 9.79 Å². The van der Waals surface area contributed by atoms with Gasteiger partial charge < -0.3 is 18.9 Å². The third-order valence-corrected chi connectivity index (χ3v) is 6.57. The molecule has 0 bridgehead atoms. The predicted octanol–water partition coefficient (Wildman–Crippen LogP) is 2.35. The van der Waals surface area contributed by atoms with Crippen LogP contribution in [0.3, 0.4) is 0 Å². The van der Waals surface area contributed by atoms with Crippen molar-refractivity contribution in [2.24, 2.45) is 4.99 Å². The molecule has 0 spiro atoms. The number of esters is 2. The van der Waals surface area contributed by atoms with Crippen molar-refractivity contribution in [1.29, 1.82) is 0 Å². The van der Waals surface area contributed by atoms with Crippen molar-refractivity contribution >= 4 is 29.4 Å². The van der Waals surface area contributed by atoms with Gasteiger partial charge in [-0.1, -0.05) is 29.5 Å². The van der Waals surface area contributed by atoms with Crippen molar-refractivity contribution in [3.63, 3.8) is 0 Å². The highest BCUT2D eigenvalue weighted by molar-refractivity contribution is 7.07. The number of hydrogen-bond acceptors (Lipinski definition) is 9. The van der Waals surface area contributed by atoms with Crippen LogP contribution in [-0.2, 0) is 14.3 Å². The molecule has 0 aliphatic carbocycles. The number of methoxy groups -OCH3 is 3. The van der Waals surface area contributed by atoms with Crippen LogP contribution in [0.2, 0.25) is 0 Å². The molecule has 0 saturated carbocycles. The van der Waals surface area contributed by atoms with Crippen LogP contribution < -0.4 is 29.1 Å². The van der Waals surface area contributed by atoms with E-state index in [9.17, 15) is 14.4 Å². The molecule has 0 fully saturated rings. The van der Waals surface area contributed by atoms with Crippen LogP contribution in [0.5, 0.6) is 17.2 Å². The number of carbonyl (C=O) groups excluding carboxylic acids is 2. The Kier molecular flexibility index (Phi) is 7.07. The summed E-state index contributed by atoms with van der Waals surface area (Å²) in [5, 5.41) is 0. The Balaban J connectivity index is 1.89. The molecule has 186 valence electrons. The van der Waals surface area contributed by atoms with Gasteiger partial charge in [0.25, 0.3) is 5.56 Å². The predicted molar refractivity (Wildman–Crippen MR) is 133 cm³/mol. The molecule has 1 unspecified atom stereocenters. The number of hydrogen-bond donors (Lipinski definition) is 0. The molecule has 2 heterocycles. The molecule has 3 aromatic rings. The Morgan fingerprint density at radius 3 is 2.33 bits per heavy atom. The third-order valence-electron chi connectivity index (χ3n) is 5.59. The van der Waals surface area contributed by atoms with Gasteiger partial charge >= 0.3 is 11.9 Å². The minimum absolute atomic E-state index is 0.259. The second kappa shape index (κ2) is 10.2. The zero-order valence-electron chi connectivity index (χ0n) is 20.4. The number of ether oxygens (including phenoxy) is 4. The quantitative estimate of drug-likeness (QED) is 0.372. The maximum atomic E-state index is 13.6. The zero-order chi connectivity index (χ0) is 26.0. The lowest BCUT2D eigenvalue weighted by atomic mass is 9.95. The molecule has 10 heteroatoms. The van der Waals surface area contributed by atoms with E-state index in [4.69, 9.17) is 18.9 Å². The molecule has 1 atom stereocenters. The normalized spacial score (nSPS) is 15.1. The molecule has 0 amide bonds. The Morgan fingerprint density at radius 2 is 1.72 bits per heavy atom. The second-order valence-corrected chi connectivity index (χ2v) is 8.86. The topological polar surface area (TPSA) is 105 Å². The van der Waals surface area contributed by atoms with Crippen molar-refractivity contribution in [3.8, 4) is 17.2 Å². The van der Waals surface area contributed by atoms with Crippen LogP contribution in [0.25, 0.3) is 6.08 Å². The van der Waals surface area contributed by atoms with Crippen molar-refractivity contribution in [2.45, 2.75) is 19.9 Å². The van der Waals surface area contributed by atoms with Gasteiger partial charge in [-0.05, 0) is 48.4 Å². The van der Waals surface area contributed by atoms with Crippen LogP contribution in [0.15, 0.2) is 63.5 Å². The molecule has 4 rings (SSSR count). The Bertz CT molecular complexity index is 1550. The highest BCUT2D eigenvalue weighted by atomic mass is 32.1. The lowest BCUT2D eigenvalue weighted by Crippen LogP contribution is -2.39. The van der Waals surface area contributed by atoms with E-state index in [0.717, 1.165) is 5.56 Å². The molecular weight excluding hydrogens is 484 g/mol. The molecule has 0 radical (unpaired) electrons. The number of allylic oxidation sites excluding steroid dienone is 1. The number of fused-ring (bicyclic) bond motifs is 1. The van der Waals surface area contributed by atoms with E-state index in [1.807, 2.05) is 0 Å².